The quantitative estimate of drug-likeness (QED) is 0.693. The van der Waals surface area contributed by atoms with Crippen molar-refractivity contribution in [2.45, 2.75) is 12.3 Å². The molecule has 0 heterocycles. The molecule has 5 nitrogen and oxygen atoms in total. The van der Waals surface area contributed by atoms with Gasteiger partial charge in [0.2, 0.25) is 0 Å². The van der Waals surface area contributed by atoms with Crippen molar-refractivity contribution in [2.75, 3.05) is 33.4 Å². The highest BCUT2D eigenvalue weighted by atomic mass is 32.2. The molecule has 27 heavy (non-hydrogen) atoms. The third-order valence-corrected chi connectivity index (χ3v) is 4.88. The summed E-state index contributed by atoms with van der Waals surface area (Å²) in [4.78, 5) is 16.6. The first-order valence-electron chi connectivity index (χ1n) is 8.60. The van der Waals surface area contributed by atoms with Crippen molar-refractivity contribution in [2.24, 2.45) is 0 Å². The molecule has 0 fully saturated rings. The van der Waals surface area contributed by atoms with Crippen molar-refractivity contribution >= 4 is 15.7 Å². The van der Waals surface area contributed by atoms with E-state index in [9.17, 15) is 17.6 Å². The molecule has 0 aliphatic heterocycles. The summed E-state index contributed by atoms with van der Waals surface area (Å²) in [5.41, 5.74) is 1.39. The van der Waals surface area contributed by atoms with Crippen LogP contribution in [0, 0.1) is 5.82 Å². The second-order valence-electron chi connectivity index (χ2n) is 6.89. The largest absolute Gasteiger partial charge is 0.333 e. The lowest BCUT2D eigenvalue weighted by Gasteiger charge is -2.25. The monoisotopic (exact) mass is 392 g/mol. The Morgan fingerprint density at radius 2 is 1.74 bits per heavy atom. The number of sulfone groups is 1. The van der Waals surface area contributed by atoms with Gasteiger partial charge in [-0.05, 0) is 37.9 Å². The summed E-state index contributed by atoms with van der Waals surface area (Å²) in [5.74, 6) is -0.736. The van der Waals surface area contributed by atoms with Gasteiger partial charge in [-0.3, -0.25) is 4.79 Å². The maximum Gasteiger partial charge on any atom is 0.254 e. The fourth-order valence-corrected chi connectivity index (χ4v) is 3.47. The van der Waals surface area contributed by atoms with Crippen molar-refractivity contribution in [3.8, 4) is 0 Å². The molecule has 0 atom stereocenters. The molecule has 0 radical (unpaired) electrons. The summed E-state index contributed by atoms with van der Waals surface area (Å²) >= 11 is 0. The van der Waals surface area contributed by atoms with Gasteiger partial charge < -0.3 is 9.80 Å². The molecule has 0 bridgehead atoms. The lowest BCUT2D eigenvalue weighted by Crippen LogP contribution is -2.36. The van der Waals surface area contributed by atoms with Crippen LogP contribution in [-0.2, 0) is 22.1 Å². The van der Waals surface area contributed by atoms with Gasteiger partial charge in [0.15, 0.2) is 9.84 Å². The molecule has 2 rings (SSSR count). The number of benzene rings is 2. The minimum atomic E-state index is -3.20. The molecule has 1 amide bonds. The first-order chi connectivity index (χ1) is 12.7. The molecule has 0 saturated heterocycles. The zero-order valence-corrected chi connectivity index (χ0v) is 16.7. The van der Waals surface area contributed by atoms with E-state index in [-0.39, 0.29) is 24.0 Å². The zero-order valence-electron chi connectivity index (χ0n) is 15.9. The van der Waals surface area contributed by atoms with E-state index in [0.29, 0.717) is 29.8 Å². The van der Waals surface area contributed by atoms with E-state index in [2.05, 4.69) is 0 Å². The second-order valence-corrected chi connectivity index (χ2v) is 9.03. The van der Waals surface area contributed by atoms with Gasteiger partial charge in [-0.2, -0.15) is 0 Å². The number of halogens is 1. The van der Waals surface area contributed by atoms with E-state index in [1.54, 1.807) is 47.4 Å². The topological polar surface area (TPSA) is 57.7 Å². The number of nitrogens with zero attached hydrogens (tertiary/aromatic N) is 2. The Morgan fingerprint density at radius 1 is 1.04 bits per heavy atom. The molecular formula is C20H25FN2O3S. The molecule has 2 aromatic rings. The molecule has 0 saturated carbocycles. The number of carbonyl (C=O) groups excluding carboxylic acids is 1. The van der Waals surface area contributed by atoms with Crippen LogP contribution in [0.1, 0.15) is 21.5 Å². The van der Waals surface area contributed by atoms with Gasteiger partial charge >= 0.3 is 0 Å². The van der Waals surface area contributed by atoms with Gasteiger partial charge in [0.05, 0.1) is 5.75 Å². The average molecular weight is 392 g/mol. The van der Waals surface area contributed by atoms with E-state index < -0.39 is 9.84 Å². The lowest BCUT2D eigenvalue weighted by molar-refractivity contribution is 0.0730. The number of carbonyl (C=O) groups is 1. The number of amides is 1. The van der Waals surface area contributed by atoms with E-state index >= 15 is 0 Å². The van der Waals surface area contributed by atoms with Gasteiger partial charge in [0, 0.05) is 37.0 Å². The fourth-order valence-electron chi connectivity index (χ4n) is 2.68. The van der Waals surface area contributed by atoms with Crippen molar-refractivity contribution in [1.29, 1.82) is 0 Å². The number of hydrogen-bond acceptors (Lipinski definition) is 4. The minimum absolute atomic E-state index is 0.126. The fraction of sp³-hybridized carbons (Fsp3) is 0.350. The standard InChI is InChI=1S/C20H25FN2O3S/c1-22(2)11-12-23(14-18-8-4-5-10-19(18)21)20(24)17-9-6-7-16(13-17)15-27(3,25)26/h4-10,13H,11-12,14-15H2,1-3H3. The summed E-state index contributed by atoms with van der Waals surface area (Å²) in [6.07, 6.45) is 1.16. The van der Waals surface area contributed by atoms with Crippen LogP contribution in [0.25, 0.3) is 0 Å². The summed E-state index contributed by atoms with van der Waals surface area (Å²) < 4.78 is 37.1. The molecule has 0 aromatic heterocycles. The average Bonchev–Trinajstić information content (AvgIpc) is 2.58. The van der Waals surface area contributed by atoms with Crippen molar-refractivity contribution in [3.05, 3.63) is 71.0 Å². The Balaban J connectivity index is 2.27. The van der Waals surface area contributed by atoms with Crippen LogP contribution in [0.15, 0.2) is 48.5 Å². The number of hydrogen-bond donors (Lipinski definition) is 0. The molecule has 2 aromatic carbocycles. The molecule has 0 spiro atoms. The van der Waals surface area contributed by atoms with Crippen LogP contribution in [0.5, 0.6) is 0 Å². The molecular weight excluding hydrogens is 367 g/mol. The highest BCUT2D eigenvalue weighted by Crippen LogP contribution is 2.15. The Hall–Kier alpha value is -2.25. The summed E-state index contributed by atoms with van der Waals surface area (Å²) in [6, 6.07) is 13.0. The van der Waals surface area contributed by atoms with Crippen LogP contribution in [0.2, 0.25) is 0 Å². The van der Waals surface area contributed by atoms with Crippen LogP contribution in [0.3, 0.4) is 0 Å². The molecule has 0 aliphatic rings. The van der Waals surface area contributed by atoms with Crippen molar-refractivity contribution in [3.63, 3.8) is 0 Å². The normalized spacial score (nSPS) is 11.6. The molecule has 7 heteroatoms. The first kappa shape index (κ1) is 21.1. The van der Waals surface area contributed by atoms with Gasteiger partial charge in [-0.25, -0.2) is 12.8 Å². The van der Waals surface area contributed by atoms with Gasteiger partial charge in [0.25, 0.3) is 5.91 Å². The zero-order chi connectivity index (χ0) is 20.0. The van der Waals surface area contributed by atoms with Crippen LogP contribution in [0.4, 0.5) is 4.39 Å². The third kappa shape index (κ3) is 6.77. The summed E-state index contributed by atoms with van der Waals surface area (Å²) in [6.45, 7) is 1.20. The number of rotatable bonds is 8. The van der Waals surface area contributed by atoms with E-state index in [1.807, 2.05) is 19.0 Å². The predicted molar refractivity (Wildman–Crippen MR) is 105 cm³/mol. The van der Waals surface area contributed by atoms with Gasteiger partial charge in [-0.1, -0.05) is 30.3 Å². The van der Waals surface area contributed by atoms with E-state index in [1.165, 1.54) is 6.07 Å². The Morgan fingerprint density at radius 3 is 2.37 bits per heavy atom. The first-order valence-corrected chi connectivity index (χ1v) is 10.7. The van der Waals surface area contributed by atoms with Gasteiger partial charge in [0.1, 0.15) is 5.82 Å². The molecule has 146 valence electrons. The smallest absolute Gasteiger partial charge is 0.254 e. The van der Waals surface area contributed by atoms with Crippen LogP contribution >= 0.6 is 0 Å². The minimum Gasteiger partial charge on any atom is -0.333 e. The molecule has 0 unspecified atom stereocenters. The Bertz CT molecular complexity index is 898. The van der Waals surface area contributed by atoms with Crippen LogP contribution < -0.4 is 0 Å². The molecule has 0 aliphatic carbocycles. The maximum atomic E-state index is 14.0. The Labute approximate surface area is 160 Å². The maximum absolute atomic E-state index is 14.0. The molecule has 0 N–H and O–H groups in total. The third-order valence-electron chi connectivity index (χ3n) is 4.03. The lowest BCUT2D eigenvalue weighted by atomic mass is 10.1. The predicted octanol–water partition coefficient (Wildman–Crippen LogP) is 2.57. The second kappa shape index (κ2) is 9.10. The Kier molecular flexibility index (Phi) is 7.10. The SMILES string of the molecule is CN(C)CCN(Cc1ccccc1F)C(=O)c1cccc(CS(C)(=O)=O)c1. The number of likely N-dealkylation sites (N-methyl/N-ethyl adjacent to an activating group) is 1. The highest BCUT2D eigenvalue weighted by molar-refractivity contribution is 7.89. The van der Waals surface area contributed by atoms with Crippen LogP contribution in [-0.4, -0.2) is 57.6 Å². The van der Waals surface area contributed by atoms with Crippen molar-refractivity contribution in [1.82, 2.24) is 9.80 Å². The van der Waals surface area contributed by atoms with Crippen molar-refractivity contribution < 1.29 is 17.6 Å². The van der Waals surface area contributed by atoms with E-state index in [4.69, 9.17) is 0 Å². The summed E-state index contributed by atoms with van der Waals surface area (Å²) in [7, 11) is 0.606. The highest BCUT2D eigenvalue weighted by Gasteiger charge is 2.18. The van der Waals surface area contributed by atoms with E-state index in [0.717, 1.165) is 6.26 Å². The summed E-state index contributed by atoms with van der Waals surface area (Å²) in [5, 5.41) is 0. The van der Waals surface area contributed by atoms with Gasteiger partial charge in [-0.15, -0.1) is 0 Å².